The summed E-state index contributed by atoms with van der Waals surface area (Å²) in [6.07, 6.45) is -9.23. The van der Waals surface area contributed by atoms with Gasteiger partial charge in [0, 0.05) is 0 Å². The van der Waals surface area contributed by atoms with Crippen LogP contribution < -0.4 is 4.72 Å². The van der Waals surface area contributed by atoms with E-state index in [1.165, 1.54) is 6.92 Å². The zero-order valence-electron chi connectivity index (χ0n) is 11.5. The molecule has 0 aliphatic carbocycles. The Morgan fingerprint density at radius 3 is 2.05 bits per heavy atom. The van der Waals surface area contributed by atoms with E-state index in [0.29, 0.717) is 6.07 Å². The van der Waals surface area contributed by atoms with Crippen LogP contribution in [0.4, 0.5) is 26.3 Å². The van der Waals surface area contributed by atoms with Crippen LogP contribution in [0.15, 0.2) is 23.1 Å². The maximum absolute atomic E-state index is 12.6. The molecule has 0 bridgehead atoms. The normalized spacial score (nSPS) is 13.4. The number of halogens is 6. The first-order valence-corrected chi connectivity index (χ1v) is 7.05. The summed E-state index contributed by atoms with van der Waals surface area (Å²) in [5.74, 6) is 0. The van der Waals surface area contributed by atoms with Crippen molar-refractivity contribution in [1.29, 1.82) is 0 Å². The first kappa shape index (κ1) is 19.9. The van der Waals surface area contributed by atoms with Gasteiger partial charge in [-0.3, -0.25) is 0 Å². The third-order valence-electron chi connectivity index (χ3n) is 2.13. The Morgan fingerprint density at radius 1 is 1.10 bits per heavy atom. The predicted octanol–water partition coefficient (Wildman–Crippen LogP) is 4.21. The molecule has 2 nitrogen and oxygen atoms in total. The second-order valence-corrected chi connectivity index (χ2v) is 4.98. The van der Waals surface area contributed by atoms with Crippen molar-refractivity contribution in [2.24, 2.45) is 0 Å². The SMILES string of the molecule is CC.Cc1ccc(S(=O)NCC(F)(F)F)cc1C(F)(F)F. The number of hydrogen-bond donors (Lipinski definition) is 1. The number of aryl methyl sites for hydroxylation is 1. The molecular formula is C12H15F6NOS. The first-order valence-electron chi connectivity index (χ1n) is 5.90. The molecule has 1 unspecified atom stereocenters. The molecule has 0 heterocycles. The van der Waals surface area contributed by atoms with Gasteiger partial charge in [-0.05, 0) is 24.6 Å². The average molecular weight is 335 g/mol. The van der Waals surface area contributed by atoms with Crippen molar-refractivity contribution in [2.75, 3.05) is 6.54 Å². The summed E-state index contributed by atoms with van der Waals surface area (Å²) in [5, 5.41) is 0. The molecular weight excluding hydrogens is 320 g/mol. The lowest BCUT2D eigenvalue weighted by atomic mass is 10.1. The summed E-state index contributed by atoms with van der Waals surface area (Å²) >= 11 is 0. The van der Waals surface area contributed by atoms with Gasteiger partial charge < -0.3 is 0 Å². The van der Waals surface area contributed by atoms with E-state index in [1.807, 2.05) is 13.8 Å². The van der Waals surface area contributed by atoms with Crippen LogP contribution in [0.5, 0.6) is 0 Å². The number of nitrogens with one attached hydrogen (secondary N) is 1. The summed E-state index contributed by atoms with van der Waals surface area (Å²) in [6, 6.07) is 2.73. The zero-order valence-corrected chi connectivity index (χ0v) is 12.3. The molecule has 0 saturated carbocycles. The quantitative estimate of drug-likeness (QED) is 0.824. The summed E-state index contributed by atoms with van der Waals surface area (Å²) in [7, 11) is -2.35. The second kappa shape index (κ2) is 7.79. The van der Waals surface area contributed by atoms with Crippen LogP contribution in [0.1, 0.15) is 25.0 Å². The third kappa shape index (κ3) is 6.94. The number of hydrogen-bond acceptors (Lipinski definition) is 1. The number of alkyl halides is 6. The third-order valence-corrected chi connectivity index (χ3v) is 3.22. The van der Waals surface area contributed by atoms with E-state index in [4.69, 9.17) is 0 Å². The summed E-state index contributed by atoms with van der Waals surface area (Å²) in [6.45, 7) is 3.66. The Labute approximate surface area is 121 Å². The maximum Gasteiger partial charge on any atom is 0.416 e. The Balaban J connectivity index is 0.00000191. The Morgan fingerprint density at radius 2 is 1.62 bits per heavy atom. The smallest absolute Gasteiger partial charge is 0.238 e. The molecule has 0 fully saturated rings. The first-order chi connectivity index (χ1) is 9.50. The van der Waals surface area contributed by atoms with Gasteiger partial charge in [-0.25, -0.2) is 8.93 Å². The van der Waals surface area contributed by atoms with Crippen LogP contribution in [0.25, 0.3) is 0 Å². The number of rotatable bonds is 3. The van der Waals surface area contributed by atoms with Gasteiger partial charge in [0.25, 0.3) is 0 Å². The molecule has 0 radical (unpaired) electrons. The van der Waals surface area contributed by atoms with Crippen LogP contribution in [0, 0.1) is 6.92 Å². The summed E-state index contributed by atoms with van der Waals surface area (Å²) < 4.78 is 86.4. The molecule has 0 aromatic heterocycles. The molecule has 1 aromatic carbocycles. The van der Waals surface area contributed by atoms with Crippen LogP contribution >= 0.6 is 0 Å². The van der Waals surface area contributed by atoms with Gasteiger partial charge in [0.15, 0.2) is 0 Å². The van der Waals surface area contributed by atoms with E-state index in [9.17, 15) is 30.6 Å². The molecule has 0 spiro atoms. The van der Waals surface area contributed by atoms with Crippen LogP contribution in [0.2, 0.25) is 0 Å². The number of benzene rings is 1. The minimum absolute atomic E-state index is 0.0935. The van der Waals surface area contributed by atoms with Crippen molar-refractivity contribution in [3.63, 3.8) is 0 Å². The molecule has 0 amide bonds. The van der Waals surface area contributed by atoms with Crippen molar-refractivity contribution >= 4 is 11.0 Å². The van der Waals surface area contributed by atoms with Crippen molar-refractivity contribution in [3.8, 4) is 0 Å². The highest BCUT2D eigenvalue weighted by Gasteiger charge is 2.33. The minimum atomic E-state index is -4.64. The molecule has 1 atom stereocenters. The molecule has 0 aliphatic heterocycles. The minimum Gasteiger partial charge on any atom is -0.238 e. The van der Waals surface area contributed by atoms with Crippen molar-refractivity contribution < 1.29 is 30.6 Å². The topological polar surface area (TPSA) is 29.1 Å². The molecule has 21 heavy (non-hydrogen) atoms. The van der Waals surface area contributed by atoms with Gasteiger partial charge in [0.1, 0.15) is 17.5 Å². The molecule has 1 N–H and O–H groups in total. The van der Waals surface area contributed by atoms with Crippen LogP contribution in [-0.2, 0) is 17.2 Å². The molecule has 9 heteroatoms. The van der Waals surface area contributed by atoms with E-state index < -0.39 is 35.4 Å². The monoisotopic (exact) mass is 335 g/mol. The van der Waals surface area contributed by atoms with Crippen molar-refractivity contribution in [1.82, 2.24) is 4.72 Å². The fourth-order valence-electron chi connectivity index (χ4n) is 1.25. The Hall–Kier alpha value is -1.09. The summed E-state index contributed by atoms with van der Waals surface area (Å²) in [5.41, 5.74) is -1.11. The van der Waals surface area contributed by atoms with Gasteiger partial charge in [-0.1, -0.05) is 19.9 Å². The highest BCUT2D eigenvalue weighted by Crippen LogP contribution is 2.32. The molecule has 1 aromatic rings. The maximum atomic E-state index is 12.6. The second-order valence-electron chi connectivity index (χ2n) is 3.68. The van der Waals surface area contributed by atoms with Gasteiger partial charge >= 0.3 is 12.4 Å². The Kier molecular flexibility index (Phi) is 7.38. The largest absolute Gasteiger partial charge is 0.416 e. The predicted molar refractivity (Wildman–Crippen MR) is 68.0 cm³/mol. The Bertz CT molecular complexity index is 484. The van der Waals surface area contributed by atoms with Gasteiger partial charge in [-0.15, -0.1) is 0 Å². The van der Waals surface area contributed by atoms with E-state index in [2.05, 4.69) is 0 Å². The van der Waals surface area contributed by atoms with Gasteiger partial charge in [0.2, 0.25) is 0 Å². The van der Waals surface area contributed by atoms with E-state index in [0.717, 1.165) is 12.1 Å². The highest BCUT2D eigenvalue weighted by molar-refractivity contribution is 7.83. The standard InChI is InChI=1S/C10H9F6NOS.C2H6/c1-6-2-3-7(4-8(6)10(14,15)16)19(18)17-5-9(11,12)13;1-2/h2-4,17H,5H2,1H3;1-2H3. The van der Waals surface area contributed by atoms with Gasteiger partial charge in [0.05, 0.1) is 10.5 Å². The van der Waals surface area contributed by atoms with Crippen molar-refractivity contribution in [2.45, 2.75) is 38.0 Å². The van der Waals surface area contributed by atoms with Crippen LogP contribution in [0.3, 0.4) is 0 Å². The fraction of sp³-hybridized carbons (Fsp3) is 0.500. The van der Waals surface area contributed by atoms with E-state index >= 15 is 0 Å². The lowest BCUT2D eigenvalue weighted by Gasteiger charge is -2.12. The fourth-order valence-corrected chi connectivity index (χ4v) is 2.13. The lowest BCUT2D eigenvalue weighted by molar-refractivity contribution is -0.138. The average Bonchev–Trinajstić information content (AvgIpc) is 2.36. The van der Waals surface area contributed by atoms with E-state index in [1.54, 1.807) is 4.72 Å². The van der Waals surface area contributed by atoms with Crippen molar-refractivity contribution in [3.05, 3.63) is 29.3 Å². The zero-order chi connectivity index (χ0) is 16.8. The molecule has 122 valence electrons. The van der Waals surface area contributed by atoms with Gasteiger partial charge in [-0.2, -0.15) is 26.3 Å². The summed E-state index contributed by atoms with van der Waals surface area (Å²) in [4.78, 5) is -0.359. The molecule has 0 saturated heterocycles. The highest BCUT2D eigenvalue weighted by atomic mass is 32.2. The molecule has 1 rings (SSSR count). The lowest BCUT2D eigenvalue weighted by Crippen LogP contribution is -2.30. The molecule has 0 aliphatic rings. The van der Waals surface area contributed by atoms with Crippen LogP contribution in [-0.4, -0.2) is 16.9 Å². The van der Waals surface area contributed by atoms with E-state index in [-0.39, 0.29) is 10.5 Å².